The normalized spacial score (nSPS) is 22.6. The number of fused-ring (bicyclic) bond motifs is 1. The number of piperazine rings is 1. The number of amides is 1. The molecule has 1 heterocycles. The van der Waals surface area contributed by atoms with Crippen LogP contribution in [0.3, 0.4) is 0 Å². The molecule has 1 aliphatic heterocycles. The molecule has 2 aliphatic rings. The van der Waals surface area contributed by atoms with Crippen LogP contribution < -0.4 is 16.0 Å². The Morgan fingerprint density at radius 3 is 2.57 bits per heavy atom. The molecule has 2 aromatic carbocycles. The predicted octanol–water partition coefficient (Wildman–Crippen LogP) is 1.88. The fraction of sp³-hybridized carbons (Fsp3) is 0.409. The van der Waals surface area contributed by atoms with Crippen molar-refractivity contribution in [1.29, 1.82) is 0 Å². The van der Waals surface area contributed by atoms with Crippen LogP contribution in [0.4, 0.5) is 17.1 Å². The van der Waals surface area contributed by atoms with E-state index in [0.29, 0.717) is 6.42 Å². The Morgan fingerprint density at radius 2 is 1.82 bits per heavy atom. The zero-order valence-corrected chi connectivity index (χ0v) is 16.3. The number of carbonyl (C=O) groups is 1. The highest BCUT2D eigenvalue weighted by Gasteiger charge is 2.34. The Labute approximate surface area is 165 Å². The van der Waals surface area contributed by atoms with E-state index in [1.54, 1.807) is 0 Å². The minimum Gasteiger partial charge on any atom is -0.398 e. The quantitative estimate of drug-likeness (QED) is 0.709. The molecule has 0 radical (unpaired) electrons. The number of nitrogens with one attached hydrogen (secondary N) is 1. The molecule has 0 unspecified atom stereocenters. The Kier molecular flexibility index (Phi) is 5.24. The largest absolute Gasteiger partial charge is 0.398 e. The molecule has 28 heavy (non-hydrogen) atoms. The van der Waals surface area contributed by atoms with E-state index in [2.05, 4.69) is 21.2 Å². The summed E-state index contributed by atoms with van der Waals surface area (Å²) in [6, 6.07) is 14.0. The summed E-state index contributed by atoms with van der Waals surface area (Å²) in [6.45, 7) is 4.99. The number of nitrogens with zero attached hydrogens (tertiary/aromatic N) is 2. The highest BCUT2D eigenvalue weighted by Crippen LogP contribution is 2.31. The van der Waals surface area contributed by atoms with Gasteiger partial charge in [-0.2, -0.15) is 0 Å². The fourth-order valence-electron chi connectivity index (χ4n) is 4.51. The summed E-state index contributed by atoms with van der Waals surface area (Å²) in [7, 11) is 0. The van der Waals surface area contributed by atoms with Gasteiger partial charge in [0.05, 0.1) is 17.5 Å². The number of anilines is 3. The van der Waals surface area contributed by atoms with E-state index < -0.39 is 0 Å². The lowest BCUT2D eigenvalue weighted by atomic mass is 9.84. The standard InChI is InChI=1S/C22H28N4O2/c1-15(27)24-19-7-2-3-8-20(19)25-9-11-26(12-10-25)21-14-17-16(13-22(21)28)5-4-6-18(17)23/h2-8,21-22,28H,9-14,23H2,1H3,(H,24,27)/t21-,22-/m1/s1. The molecule has 148 valence electrons. The molecule has 0 aromatic heterocycles. The molecule has 6 heteroatoms. The predicted molar refractivity (Wildman–Crippen MR) is 113 cm³/mol. The molecule has 2 atom stereocenters. The van der Waals surface area contributed by atoms with Crippen molar-refractivity contribution >= 4 is 23.0 Å². The zero-order valence-electron chi connectivity index (χ0n) is 16.3. The van der Waals surface area contributed by atoms with Crippen LogP contribution in [0.5, 0.6) is 0 Å². The third kappa shape index (κ3) is 3.70. The summed E-state index contributed by atoms with van der Waals surface area (Å²) >= 11 is 0. The number of nitrogens with two attached hydrogens (primary N) is 1. The minimum absolute atomic E-state index is 0.0623. The number of carbonyl (C=O) groups excluding carboxylic acids is 1. The van der Waals surface area contributed by atoms with E-state index in [1.807, 2.05) is 36.4 Å². The lowest BCUT2D eigenvalue weighted by Crippen LogP contribution is -2.56. The van der Waals surface area contributed by atoms with Gasteiger partial charge in [-0.25, -0.2) is 0 Å². The molecule has 4 N–H and O–H groups in total. The van der Waals surface area contributed by atoms with Crippen molar-refractivity contribution in [2.75, 3.05) is 42.1 Å². The Morgan fingerprint density at radius 1 is 1.07 bits per heavy atom. The molecular formula is C22H28N4O2. The Bertz CT molecular complexity index is 861. The van der Waals surface area contributed by atoms with E-state index in [1.165, 1.54) is 18.1 Å². The molecule has 0 spiro atoms. The summed E-state index contributed by atoms with van der Waals surface area (Å²) in [5, 5.41) is 13.7. The van der Waals surface area contributed by atoms with Crippen LogP contribution in [-0.4, -0.2) is 54.2 Å². The van der Waals surface area contributed by atoms with E-state index in [9.17, 15) is 9.90 Å². The minimum atomic E-state index is -0.368. The molecule has 0 bridgehead atoms. The topological polar surface area (TPSA) is 81.8 Å². The molecule has 1 aliphatic carbocycles. The summed E-state index contributed by atoms with van der Waals surface area (Å²) in [4.78, 5) is 16.2. The second-order valence-electron chi connectivity index (χ2n) is 7.75. The molecule has 2 aromatic rings. The van der Waals surface area contributed by atoms with Crippen molar-refractivity contribution in [2.45, 2.75) is 31.9 Å². The van der Waals surface area contributed by atoms with Crippen molar-refractivity contribution in [2.24, 2.45) is 0 Å². The van der Waals surface area contributed by atoms with Gasteiger partial charge in [-0.05, 0) is 35.7 Å². The van der Waals surface area contributed by atoms with Gasteiger partial charge in [-0.1, -0.05) is 24.3 Å². The van der Waals surface area contributed by atoms with Crippen LogP contribution >= 0.6 is 0 Å². The first-order valence-corrected chi connectivity index (χ1v) is 9.93. The number of hydrogen-bond donors (Lipinski definition) is 3. The Hall–Kier alpha value is -2.57. The first kappa shape index (κ1) is 18.8. The van der Waals surface area contributed by atoms with E-state index in [4.69, 9.17) is 5.73 Å². The average molecular weight is 380 g/mol. The molecule has 6 nitrogen and oxygen atoms in total. The van der Waals surface area contributed by atoms with E-state index in [-0.39, 0.29) is 18.1 Å². The van der Waals surface area contributed by atoms with Crippen LogP contribution in [0.25, 0.3) is 0 Å². The van der Waals surface area contributed by atoms with E-state index in [0.717, 1.165) is 49.7 Å². The first-order valence-electron chi connectivity index (χ1n) is 9.93. The highest BCUT2D eigenvalue weighted by atomic mass is 16.3. The van der Waals surface area contributed by atoms with Crippen molar-refractivity contribution in [3.8, 4) is 0 Å². The molecule has 1 saturated heterocycles. The molecule has 1 fully saturated rings. The van der Waals surface area contributed by atoms with Crippen molar-refractivity contribution in [1.82, 2.24) is 4.90 Å². The van der Waals surface area contributed by atoms with Gasteiger partial charge in [0.1, 0.15) is 0 Å². The van der Waals surface area contributed by atoms with Crippen LogP contribution in [0, 0.1) is 0 Å². The summed E-state index contributed by atoms with van der Waals surface area (Å²) < 4.78 is 0. The molecular weight excluding hydrogens is 352 g/mol. The lowest BCUT2D eigenvalue weighted by molar-refractivity contribution is -0.114. The SMILES string of the molecule is CC(=O)Nc1ccccc1N1CCN([C@@H]2Cc3c(N)cccc3C[C@H]2O)CC1. The number of aliphatic hydroxyl groups excluding tert-OH is 1. The number of hydrogen-bond acceptors (Lipinski definition) is 5. The summed E-state index contributed by atoms with van der Waals surface area (Å²) in [6.07, 6.45) is 1.09. The van der Waals surface area contributed by atoms with Gasteiger partial charge in [0, 0.05) is 51.3 Å². The first-order chi connectivity index (χ1) is 13.5. The second-order valence-corrected chi connectivity index (χ2v) is 7.75. The third-order valence-electron chi connectivity index (χ3n) is 5.93. The second kappa shape index (κ2) is 7.81. The maximum Gasteiger partial charge on any atom is 0.221 e. The van der Waals surface area contributed by atoms with Crippen molar-refractivity contribution < 1.29 is 9.90 Å². The smallest absolute Gasteiger partial charge is 0.221 e. The van der Waals surface area contributed by atoms with Crippen LogP contribution in [0.1, 0.15) is 18.1 Å². The highest BCUT2D eigenvalue weighted by molar-refractivity contribution is 5.92. The van der Waals surface area contributed by atoms with Gasteiger partial charge in [0.25, 0.3) is 0 Å². The van der Waals surface area contributed by atoms with Crippen LogP contribution in [-0.2, 0) is 17.6 Å². The van der Waals surface area contributed by atoms with Gasteiger partial charge in [0.15, 0.2) is 0 Å². The van der Waals surface area contributed by atoms with Crippen LogP contribution in [0.15, 0.2) is 42.5 Å². The molecule has 4 rings (SSSR count). The van der Waals surface area contributed by atoms with Gasteiger partial charge in [0.2, 0.25) is 5.91 Å². The maximum atomic E-state index is 11.5. The number of benzene rings is 2. The summed E-state index contributed by atoms with van der Waals surface area (Å²) in [5.74, 6) is -0.0623. The number of aliphatic hydroxyl groups is 1. The van der Waals surface area contributed by atoms with Crippen molar-refractivity contribution in [3.63, 3.8) is 0 Å². The van der Waals surface area contributed by atoms with Gasteiger partial charge >= 0.3 is 0 Å². The Balaban J connectivity index is 1.45. The van der Waals surface area contributed by atoms with Gasteiger partial charge in [-0.3, -0.25) is 9.69 Å². The zero-order chi connectivity index (χ0) is 19.7. The third-order valence-corrected chi connectivity index (χ3v) is 5.93. The number of para-hydroxylation sites is 2. The van der Waals surface area contributed by atoms with Gasteiger partial charge in [-0.15, -0.1) is 0 Å². The molecule has 1 amide bonds. The maximum absolute atomic E-state index is 11.5. The average Bonchev–Trinajstić information content (AvgIpc) is 2.68. The number of rotatable bonds is 3. The lowest BCUT2D eigenvalue weighted by Gasteiger charge is -2.44. The number of nitrogen functional groups attached to an aromatic ring is 1. The monoisotopic (exact) mass is 380 g/mol. The van der Waals surface area contributed by atoms with Gasteiger partial charge < -0.3 is 21.1 Å². The van der Waals surface area contributed by atoms with E-state index >= 15 is 0 Å². The van der Waals surface area contributed by atoms with Crippen molar-refractivity contribution in [3.05, 3.63) is 53.6 Å². The van der Waals surface area contributed by atoms with Crippen LogP contribution in [0.2, 0.25) is 0 Å². The summed E-state index contributed by atoms with van der Waals surface area (Å²) in [5.41, 5.74) is 11.3. The molecule has 0 saturated carbocycles. The fourth-order valence-corrected chi connectivity index (χ4v) is 4.51.